The molecule has 0 aliphatic heterocycles. The van der Waals surface area contributed by atoms with Crippen molar-refractivity contribution < 1.29 is 4.79 Å². The number of nitrogens with two attached hydrogens (primary N) is 1. The van der Waals surface area contributed by atoms with Gasteiger partial charge in [0.1, 0.15) is 5.65 Å². The Balaban J connectivity index is 2.89. The number of nitrogens with one attached hydrogen (secondary N) is 1. The van der Waals surface area contributed by atoms with Crippen molar-refractivity contribution in [2.45, 2.75) is 17.1 Å². The number of rotatable bonds is 4. The van der Waals surface area contributed by atoms with Gasteiger partial charge in [0.25, 0.3) is 11.5 Å². The fraction of sp³-hybridized carbons (Fsp3) is 0.364. The molecule has 8 heteroatoms. The second kappa shape index (κ2) is 5.30. The molecule has 0 saturated carbocycles. The van der Waals surface area contributed by atoms with Crippen LogP contribution >= 0.6 is 23.5 Å². The van der Waals surface area contributed by atoms with Crippen LogP contribution in [0.3, 0.4) is 0 Å². The molecule has 3 N–H and O–H groups in total. The third-order valence-electron chi connectivity index (χ3n) is 2.68. The van der Waals surface area contributed by atoms with Crippen LogP contribution in [0, 0.1) is 0 Å². The van der Waals surface area contributed by atoms with Crippen LogP contribution in [-0.4, -0.2) is 32.5 Å². The molecule has 0 saturated heterocycles. The Morgan fingerprint density at radius 3 is 2.74 bits per heavy atom. The number of amides is 1. The minimum absolute atomic E-state index is 0.239. The lowest BCUT2D eigenvalue weighted by Gasteiger charge is -2.04. The molecule has 2 rings (SSSR count). The average molecular weight is 298 g/mol. The normalized spacial score (nSPS) is 11.1. The maximum Gasteiger partial charge on any atom is 0.264 e. The Bertz CT molecular complexity index is 705. The van der Waals surface area contributed by atoms with Gasteiger partial charge in [-0.3, -0.25) is 14.2 Å². The minimum atomic E-state index is -0.613. The summed E-state index contributed by atoms with van der Waals surface area (Å²) < 4.78 is 1.42. The number of hydrogen-bond donors (Lipinski definition) is 2. The van der Waals surface area contributed by atoms with Crippen LogP contribution in [0.15, 0.2) is 15.0 Å². The molecule has 102 valence electrons. The van der Waals surface area contributed by atoms with Gasteiger partial charge in [0.2, 0.25) is 0 Å². The van der Waals surface area contributed by atoms with Crippen LogP contribution in [0.1, 0.15) is 17.3 Å². The molecule has 2 aromatic rings. The molecule has 0 bridgehead atoms. The van der Waals surface area contributed by atoms with E-state index in [1.807, 2.05) is 13.2 Å². The molecule has 19 heavy (non-hydrogen) atoms. The fourth-order valence-electron chi connectivity index (χ4n) is 1.85. The maximum atomic E-state index is 12.3. The smallest absolute Gasteiger partial charge is 0.264 e. The first-order valence-electron chi connectivity index (χ1n) is 5.60. The molecule has 0 fully saturated rings. The van der Waals surface area contributed by atoms with E-state index in [4.69, 9.17) is 5.73 Å². The Kier molecular flexibility index (Phi) is 3.91. The van der Waals surface area contributed by atoms with E-state index < -0.39 is 5.91 Å². The zero-order valence-corrected chi connectivity index (χ0v) is 12.4. The van der Waals surface area contributed by atoms with Crippen LogP contribution in [0.25, 0.3) is 11.0 Å². The lowest BCUT2D eigenvalue weighted by molar-refractivity contribution is 0.0999. The quantitative estimate of drug-likeness (QED) is 0.653. The van der Waals surface area contributed by atoms with E-state index in [1.54, 1.807) is 7.05 Å². The highest BCUT2D eigenvalue weighted by Gasteiger charge is 2.21. The summed E-state index contributed by atoms with van der Waals surface area (Å²) in [4.78, 5) is 31.3. The van der Waals surface area contributed by atoms with Crippen LogP contribution < -0.4 is 11.3 Å². The third-order valence-corrected chi connectivity index (χ3v) is 4.29. The number of carbonyl (C=O) groups excluding carboxylic acids is 1. The first kappa shape index (κ1) is 14.0. The molecular weight excluding hydrogens is 284 g/mol. The summed E-state index contributed by atoms with van der Waals surface area (Å²) in [6, 6.07) is 0. The van der Waals surface area contributed by atoms with Gasteiger partial charge in [0.05, 0.1) is 16.0 Å². The van der Waals surface area contributed by atoms with Gasteiger partial charge in [-0.2, -0.15) is 0 Å². The summed E-state index contributed by atoms with van der Waals surface area (Å²) >= 11 is 2.80. The molecule has 1 amide bonds. The maximum absolute atomic E-state index is 12.3. The summed E-state index contributed by atoms with van der Waals surface area (Å²) in [5, 5.41) is 1.46. The Hall–Kier alpha value is -1.41. The number of thioether (sulfide) groups is 2. The van der Waals surface area contributed by atoms with Crippen molar-refractivity contribution in [1.82, 2.24) is 14.5 Å². The van der Waals surface area contributed by atoms with Gasteiger partial charge in [0.15, 0.2) is 5.16 Å². The Morgan fingerprint density at radius 2 is 2.21 bits per heavy atom. The first-order chi connectivity index (χ1) is 9.01. The standard InChI is InChI=1S/C11H14N4O2S2/c1-4-19-9-5(7(12)16)6-8(13-9)14-11(18-3)15(2)10(6)17/h13H,4H2,1-3H3,(H2,12,16). The van der Waals surface area contributed by atoms with Gasteiger partial charge in [-0.05, 0) is 12.0 Å². The van der Waals surface area contributed by atoms with Crippen molar-refractivity contribution in [2.24, 2.45) is 12.8 Å². The van der Waals surface area contributed by atoms with Gasteiger partial charge >= 0.3 is 0 Å². The van der Waals surface area contributed by atoms with E-state index >= 15 is 0 Å². The van der Waals surface area contributed by atoms with Crippen molar-refractivity contribution in [3.8, 4) is 0 Å². The summed E-state index contributed by atoms with van der Waals surface area (Å²) in [5.74, 6) is 0.154. The highest BCUT2D eigenvalue weighted by atomic mass is 32.2. The fourth-order valence-corrected chi connectivity index (χ4v) is 3.20. The molecule has 0 radical (unpaired) electrons. The summed E-state index contributed by atoms with van der Waals surface area (Å²) in [6.45, 7) is 1.96. The number of aromatic amines is 1. The number of H-pyrrole nitrogens is 1. The molecule has 2 heterocycles. The molecule has 2 aromatic heterocycles. The Morgan fingerprint density at radius 1 is 1.53 bits per heavy atom. The topological polar surface area (TPSA) is 93.8 Å². The van der Waals surface area contributed by atoms with Crippen molar-refractivity contribution >= 4 is 40.5 Å². The molecule has 6 nitrogen and oxygen atoms in total. The molecule has 0 atom stereocenters. The number of fused-ring (bicyclic) bond motifs is 1. The number of primary amides is 1. The number of aromatic nitrogens is 3. The molecule has 0 unspecified atom stereocenters. The second-order valence-electron chi connectivity index (χ2n) is 3.81. The van der Waals surface area contributed by atoms with Crippen LogP contribution in [0.5, 0.6) is 0 Å². The van der Waals surface area contributed by atoms with Crippen LogP contribution in [-0.2, 0) is 7.05 Å². The van der Waals surface area contributed by atoms with Gasteiger partial charge in [-0.1, -0.05) is 18.7 Å². The van der Waals surface area contributed by atoms with Crippen LogP contribution in [0.4, 0.5) is 0 Å². The van der Waals surface area contributed by atoms with E-state index in [0.717, 1.165) is 5.75 Å². The van der Waals surface area contributed by atoms with Gasteiger partial charge < -0.3 is 10.7 Å². The molecular formula is C11H14N4O2S2. The molecule has 0 aliphatic rings. The van der Waals surface area contributed by atoms with Crippen molar-refractivity contribution in [3.63, 3.8) is 0 Å². The van der Waals surface area contributed by atoms with Gasteiger partial charge in [0, 0.05) is 7.05 Å². The lowest BCUT2D eigenvalue weighted by atomic mass is 10.2. The second-order valence-corrected chi connectivity index (χ2v) is 5.86. The number of hydrogen-bond acceptors (Lipinski definition) is 5. The monoisotopic (exact) mass is 298 g/mol. The van der Waals surface area contributed by atoms with Crippen molar-refractivity contribution in [2.75, 3.05) is 12.0 Å². The van der Waals surface area contributed by atoms with Crippen molar-refractivity contribution in [1.29, 1.82) is 0 Å². The van der Waals surface area contributed by atoms with Crippen molar-refractivity contribution in [3.05, 3.63) is 15.9 Å². The van der Waals surface area contributed by atoms with E-state index in [0.29, 0.717) is 15.8 Å². The zero-order valence-electron chi connectivity index (χ0n) is 10.8. The average Bonchev–Trinajstić information content (AvgIpc) is 2.72. The van der Waals surface area contributed by atoms with E-state index in [9.17, 15) is 9.59 Å². The predicted octanol–water partition coefficient (Wildman–Crippen LogP) is 1.19. The van der Waals surface area contributed by atoms with Crippen LogP contribution in [0.2, 0.25) is 0 Å². The highest BCUT2D eigenvalue weighted by Crippen LogP contribution is 2.27. The summed E-state index contributed by atoms with van der Waals surface area (Å²) in [7, 11) is 1.63. The zero-order chi connectivity index (χ0) is 14.2. The van der Waals surface area contributed by atoms with E-state index in [1.165, 1.54) is 28.1 Å². The van der Waals surface area contributed by atoms with Gasteiger partial charge in [-0.15, -0.1) is 11.8 Å². The summed E-state index contributed by atoms with van der Waals surface area (Å²) in [5.41, 5.74) is 5.78. The lowest BCUT2D eigenvalue weighted by Crippen LogP contribution is -2.22. The van der Waals surface area contributed by atoms with E-state index in [2.05, 4.69) is 9.97 Å². The molecule has 0 spiro atoms. The summed E-state index contributed by atoms with van der Waals surface area (Å²) in [6.07, 6.45) is 1.84. The van der Waals surface area contributed by atoms with E-state index in [-0.39, 0.29) is 16.5 Å². The minimum Gasteiger partial charge on any atom is -0.365 e. The molecule has 0 aliphatic carbocycles. The van der Waals surface area contributed by atoms with Gasteiger partial charge in [-0.25, -0.2) is 4.98 Å². The molecule has 0 aromatic carbocycles. The third kappa shape index (κ3) is 2.25. The predicted molar refractivity (Wildman–Crippen MR) is 78.0 cm³/mol. The number of nitrogens with zero attached hydrogens (tertiary/aromatic N) is 2. The SMILES string of the molecule is CCSc1[nH]c2nc(SC)n(C)c(=O)c2c1C(N)=O. The highest BCUT2D eigenvalue weighted by molar-refractivity contribution is 7.99. The first-order valence-corrected chi connectivity index (χ1v) is 7.81. The largest absolute Gasteiger partial charge is 0.365 e. The number of carbonyl (C=O) groups is 1. The Labute approximate surface area is 118 Å².